The topological polar surface area (TPSA) is 67.2 Å². The summed E-state index contributed by atoms with van der Waals surface area (Å²) in [5.41, 5.74) is 1.69. The van der Waals surface area contributed by atoms with Crippen LogP contribution >= 0.6 is 23.2 Å². The fraction of sp³-hybridized carbons (Fsp3) is 0.143. The molecule has 0 aliphatic carbocycles. The van der Waals surface area contributed by atoms with Gasteiger partial charge in [0.25, 0.3) is 5.69 Å². The van der Waals surface area contributed by atoms with Gasteiger partial charge in [0.05, 0.1) is 20.7 Å². The first kappa shape index (κ1) is 15.4. The predicted octanol–water partition coefficient (Wildman–Crippen LogP) is 5.08. The molecule has 0 aromatic heterocycles. The fourth-order valence-corrected chi connectivity index (χ4v) is 2.35. The number of rotatable bonds is 5. The number of anilines is 3. The fourth-order valence-electron chi connectivity index (χ4n) is 1.86. The minimum Gasteiger partial charge on any atom is -0.385 e. The first-order valence-corrected chi connectivity index (χ1v) is 7.01. The second kappa shape index (κ2) is 6.65. The molecule has 2 rings (SSSR count). The van der Waals surface area contributed by atoms with Gasteiger partial charge in [0.1, 0.15) is 0 Å². The number of para-hydroxylation sites is 1. The largest absolute Gasteiger partial charge is 0.385 e. The molecule has 0 aliphatic rings. The van der Waals surface area contributed by atoms with Crippen LogP contribution in [-0.2, 0) is 0 Å². The van der Waals surface area contributed by atoms with Gasteiger partial charge in [-0.1, -0.05) is 29.3 Å². The van der Waals surface area contributed by atoms with E-state index in [0.29, 0.717) is 33.7 Å². The maximum absolute atomic E-state index is 11.0. The van der Waals surface area contributed by atoms with Crippen molar-refractivity contribution in [3.05, 3.63) is 56.6 Å². The molecule has 2 aromatic carbocycles. The highest BCUT2D eigenvalue weighted by Crippen LogP contribution is 2.34. The highest BCUT2D eigenvalue weighted by Gasteiger charge is 2.12. The maximum Gasteiger partial charge on any atom is 0.273 e. The number of nitro groups is 1. The third-order valence-electron chi connectivity index (χ3n) is 2.74. The van der Waals surface area contributed by atoms with E-state index in [2.05, 4.69) is 10.6 Å². The van der Waals surface area contributed by atoms with Gasteiger partial charge in [0.2, 0.25) is 0 Å². The van der Waals surface area contributed by atoms with Gasteiger partial charge in [-0.15, -0.1) is 0 Å². The lowest BCUT2D eigenvalue weighted by Crippen LogP contribution is -2.00. The Morgan fingerprint density at radius 2 is 1.76 bits per heavy atom. The molecule has 0 unspecified atom stereocenters. The minimum atomic E-state index is -0.444. The van der Waals surface area contributed by atoms with Crippen molar-refractivity contribution in [2.45, 2.75) is 6.92 Å². The summed E-state index contributed by atoms with van der Waals surface area (Å²) in [6.45, 7) is 2.57. The molecular formula is C14H13Cl2N3O2. The second-order valence-corrected chi connectivity index (χ2v) is 5.09. The summed E-state index contributed by atoms with van der Waals surface area (Å²) in [5, 5.41) is 18.0. The number of non-ortho nitro benzene ring substituents is 1. The molecule has 0 fully saturated rings. The van der Waals surface area contributed by atoms with Crippen LogP contribution in [0.2, 0.25) is 10.0 Å². The van der Waals surface area contributed by atoms with E-state index in [-0.39, 0.29) is 5.69 Å². The number of nitrogens with one attached hydrogen (secondary N) is 2. The Kier molecular flexibility index (Phi) is 4.88. The lowest BCUT2D eigenvalue weighted by molar-refractivity contribution is -0.384. The maximum atomic E-state index is 11.0. The summed E-state index contributed by atoms with van der Waals surface area (Å²) in [5.74, 6) is 0. The van der Waals surface area contributed by atoms with Crippen LogP contribution < -0.4 is 10.6 Å². The summed E-state index contributed by atoms with van der Waals surface area (Å²) in [4.78, 5) is 10.5. The van der Waals surface area contributed by atoms with Crippen LogP contribution in [0.3, 0.4) is 0 Å². The third kappa shape index (κ3) is 3.77. The van der Waals surface area contributed by atoms with Crippen molar-refractivity contribution in [3.8, 4) is 0 Å². The number of nitro benzene ring substituents is 1. The van der Waals surface area contributed by atoms with Crippen molar-refractivity contribution in [2.75, 3.05) is 17.2 Å². The zero-order chi connectivity index (χ0) is 15.4. The van der Waals surface area contributed by atoms with E-state index in [9.17, 15) is 10.1 Å². The Morgan fingerprint density at radius 3 is 2.33 bits per heavy atom. The normalized spacial score (nSPS) is 10.2. The van der Waals surface area contributed by atoms with Gasteiger partial charge in [0, 0.05) is 30.1 Å². The number of hydrogen-bond acceptors (Lipinski definition) is 4. The second-order valence-electron chi connectivity index (χ2n) is 4.28. The molecule has 0 saturated carbocycles. The monoisotopic (exact) mass is 325 g/mol. The van der Waals surface area contributed by atoms with Crippen LogP contribution in [0.25, 0.3) is 0 Å². The quantitative estimate of drug-likeness (QED) is 0.594. The highest BCUT2D eigenvalue weighted by atomic mass is 35.5. The Balaban J connectivity index is 2.41. The molecule has 5 nitrogen and oxygen atoms in total. The Hall–Kier alpha value is -1.98. The van der Waals surface area contributed by atoms with E-state index in [0.717, 1.165) is 0 Å². The molecule has 7 heteroatoms. The van der Waals surface area contributed by atoms with E-state index in [1.165, 1.54) is 12.1 Å². The molecular weight excluding hydrogens is 313 g/mol. The Bertz CT molecular complexity index is 657. The summed E-state index contributed by atoms with van der Waals surface area (Å²) >= 11 is 12.2. The van der Waals surface area contributed by atoms with E-state index in [4.69, 9.17) is 23.2 Å². The smallest absolute Gasteiger partial charge is 0.273 e. The summed E-state index contributed by atoms with van der Waals surface area (Å²) in [7, 11) is 0. The van der Waals surface area contributed by atoms with Crippen molar-refractivity contribution < 1.29 is 4.92 Å². The molecule has 0 radical (unpaired) electrons. The molecule has 0 amide bonds. The van der Waals surface area contributed by atoms with Gasteiger partial charge in [-0.05, 0) is 25.1 Å². The average molecular weight is 326 g/mol. The molecule has 0 aliphatic heterocycles. The van der Waals surface area contributed by atoms with Crippen LogP contribution in [0.1, 0.15) is 6.92 Å². The van der Waals surface area contributed by atoms with Gasteiger partial charge in [-0.3, -0.25) is 10.1 Å². The van der Waals surface area contributed by atoms with Crippen LogP contribution in [0.4, 0.5) is 22.7 Å². The molecule has 0 bridgehead atoms. The number of halogens is 2. The van der Waals surface area contributed by atoms with Crippen molar-refractivity contribution >= 4 is 46.0 Å². The van der Waals surface area contributed by atoms with Gasteiger partial charge in [-0.25, -0.2) is 0 Å². The minimum absolute atomic E-state index is 0.0147. The molecule has 0 atom stereocenters. The van der Waals surface area contributed by atoms with E-state index >= 15 is 0 Å². The van der Waals surface area contributed by atoms with Crippen LogP contribution in [0.5, 0.6) is 0 Å². The van der Waals surface area contributed by atoms with Crippen molar-refractivity contribution in [1.82, 2.24) is 0 Å². The summed E-state index contributed by atoms with van der Waals surface area (Å²) < 4.78 is 0. The standard InChI is InChI=1S/C14H13Cl2N3O2/c1-2-17-9-6-10(8-11(7-9)19(20)21)18-14-12(15)4-3-5-13(14)16/h3-8,17-18H,2H2,1H3. The molecule has 21 heavy (non-hydrogen) atoms. The highest BCUT2D eigenvalue weighted by molar-refractivity contribution is 6.39. The number of hydrogen-bond donors (Lipinski definition) is 2. The number of benzene rings is 2. The molecule has 0 heterocycles. The lowest BCUT2D eigenvalue weighted by Gasteiger charge is -2.12. The first-order valence-electron chi connectivity index (χ1n) is 6.25. The van der Waals surface area contributed by atoms with Gasteiger partial charge >= 0.3 is 0 Å². The Morgan fingerprint density at radius 1 is 1.14 bits per heavy atom. The van der Waals surface area contributed by atoms with E-state index in [1.54, 1.807) is 24.3 Å². The van der Waals surface area contributed by atoms with Gasteiger partial charge in [0.15, 0.2) is 0 Å². The molecule has 2 N–H and O–H groups in total. The average Bonchev–Trinajstić information content (AvgIpc) is 2.43. The molecule has 110 valence electrons. The predicted molar refractivity (Wildman–Crippen MR) is 87.0 cm³/mol. The van der Waals surface area contributed by atoms with Gasteiger partial charge in [-0.2, -0.15) is 0 Å². The van der Waals surface area contributed by atoms with E-state index in [1.807, 2.05) is 6.92 Å². The molecule has 0 saturated heterocycles. The number of nitrogens with zero attached hydrogens (tertiary/aromatic N) is 1. The zero-order valence-corrected chi connectivity index (χ0v) is 12.7. The lowest BCUT2D eigenvalue weighted by atomic mass is 10.2. The first-order chi connectivity index (χ1) is 10.0. The zero-order valence-electron chi connectivity index (χ0n) is 11.2. The summed E-state index contributed by atoms with van der Waals surface area (Å²) in [6.07, 6.45) is 0. The van der Waals surface area contributed by atoms with Gasteiger partial charge < -0.3 is 10.6 Å². The Labute approximate surface area is 132 Å². The third-order valence-corrected chi connectivity index (χ3v) is 3.37. The molecule has 2 aromatic rings. The van der Waals surface area contributed by atoms with Crippen LogP contribution in [0, 0.1) is 10.1 Å². The van der Waals surface area contributed by atoms with E-state index < -0.39 is 4.92 Å². The molecule has 0 spiro atoms. The SMILES string of the molecule is CCNc1cc(Nc2c(Cl)cccc2Cl)cc([N+](=O)[O-])c1. The van der Waals surface area contributed by atoms with Crippen molar-refractivity contribution in [3.63, 3.8) is 0 Å². The van der Waals surface area contributed by atoms with Crippen molar-refractivity contribution in [2.24, 2.45) is 0 Å². The van der Waals surface area contributed by atoms with Crippen LogP contribution in [0.15, 0.2) is 36.4 Å². The summed E-state index contributed by atoms with van der Waals surface area (Å²) in [6, 6.07) is 9.78. The van der Waals surface area contributed by atoms with Crippen LogP contribution in [-0.4, -0.2) is 11.5 Å². The van der Waals surface area contributed by atoms with Crippen molar-refractivity contribution in [1.29, 1.82) is 0 Å².